The Bertz CT molecular complexity index is 397. The standard InChI is InChI=1S/C7H5F3N2O3/c8-5-1-3(6(9)10)4(2-13)7(11-5)12(14)15/h1,6,13H,2H2. The zero-order valence-corrected chi connectivity index (χ0v) is 7.15. The van der Waals surface area contributed by atoms with Gasteiger partial charge in [-0.15, -0.1) is 0 Å². The number of aliphatic hydroxyl groups is 1. The molecule has 8 heteroatoms. The molecule has 0 spiro atoms. The number of nitro groups is 1. The van der Waals surface area contributed by atoms with Gasteiger partial charge < -0.3 is 15.2 Å². The number of halogens is 3. The van der Waals surface area contributed by atoms with E-state index in [-0.39, 0.29) is 0 Å². The molecular formula is C7H5F3N2O3. The minimum absolute atomic E-state index is 0.364. The summed E-state index contributed by atoms with van der Waals surface area (Å²) in [5, 5.41) is 19.0. The topological polar surface area (TPSA) is 76.3 Å². The van der Waals surface area contributed by atoms with Crippen LogP contribution in [0.4, 0.5) is 19.0 Å². The van der Waals surface area contributed by atoms with E-state index in [0.717, 1.165) is 0 Å². The van der Waals surface area contributed by atoms with Gasteiger partial charge in [0, 0.05) is 11.6 Å². The minimum Gasteiger partial charge on any atom is -0.391 e. The Labute approximate surface area is 81.3 Å². The summed E-state index contributed by atoms with van der Waals surface area (Å²) in [6.07, 6.45) is -3.11. The molecule has 0 bridgehead atoms. The van der Waals surface area contributed by atoms with Crippen LogP contribution in [0.1, 0.15) is 17.6 Å². The number of alkyl halides is 2. The summed E-state index contributed by atoms with van der Waals surface area (Å²) in [6.45, 7) is -0.997. The molecule has 1 heterocycles. The van der Waals surface area contributed by atoms with Crippen LogP contribution in [0, 0.1) is 16.1 Å². The summed E-state index contributed by atoms with van der Waals surface area (Å²) in [7, 11) is 0. The molecule has 82 valence electrons. The molecule has 0 fully saturated rings. The maximum Gasteiger partial charge on any atom is 0.372 e. The number of hydrogen-bond donors (Lipinski definition) is 1. The molecule has 0 aliphatic carbocycles. The number of aliphatic hydroxyl groups excluding tert-OH is 1. The molecular weight excluding hydrogens is 217 g/mol. The third-order valence-electron chi connectivity index (χ3n) is 1.67. The Balaban J connectivity index is 3.45. The summed E-state index contributed by atoms with van der Waals surface area (Å²) in [4.78, 5) is 12.0. The van der Waals surface area contributed by atoms with Crippen LogP contribution in [-0.2, 0) is 6.61 Å². The van der Waals surface area contributed by atoms with Gasteiger partial charge in [0.15, 0.2) is 0 Å². The monoisotopic (exact) mass is 222 g/mol. The number of pyridine rings is 1. The molecule has 0 amide bonds. The Morgan fingerprint density at radius 3 is 2.60 bits per heavy atom. The lowest BCUT2D eigenvalue weighted by Crippen LogP contribution is -2.05. The largest absolute Gasteiger partial charge is 0.391 e. The molecule has 0 aromatic carbocycles. The Morgan fingerprint density at radius 2 is 2.20 bits per heavy atom. The SMILES string of the molecule is O=[N+]([O-])c1nc(F)cc(C(F)F)c1CO. The first-order chi connectivity index (χ1) is 6.97. The van der Waals surface area contributed by atoms with Crippen LogP contribution in [-0.4, -0.2) is 15.0 Å². The third kappa shape index (κ3) is 2.21. The first kappa shape index (κ1) is 11.4. The Morgan fingerprint density at radius 1 is 1.60 bits per heavy atom. The molecule has 1 N–H and O–H groups in total. The number of rotatable bonds is 3. The fourth-order valence-electron chi connectivity index (χ4n) is 1.05. The molecule has 1 rings (SSSR count). The van der Waals surface area contributed by atoms with Gasteiger partial charge in [-0.3, -0.25) is 0 Å². The van der Waals surface area contributed by atoms with Crippen LogP contribution in [0.5, 0.6) is 0 Å². The Hall–Kier alpha value is -1.70. The summed E-state index contributed by atoms with van der Waals surface area (Å²) < 4.78 is 37.3. The highest BCUT2D eigenvalue weighted by Gasteiger charge is 2.26. The van der Waals surface area contributed by atoms with Crippen molar-refractivity contribution in [1.82, 2.24) is 4.98 Å². The maximum atomic E-state index is 12.6. The molecule has 5 nitrogen and oxygen atoms in total. The van der Waals surface area contributed by atoms with Crippen LogP contribution >= 0.6 is 0 Å². The summed E-state index contributed by atoms with van der Waals surface area (Å²) in [6, 6.07) is 0.364. The highest BCUT2D eigenvalue weighted by atomic mass is 19.3. The van der Waals surface area contributed by atoms with Crippen LogP contribution in [0.2, 0.25) is 0 Å². The average Bonchev–Trinajstić information content (AvgIpc) is 2.16. The van der Waals surface area contributed by atoms with Crippen molar-refractivity contribution in [2.24, 2.45) is 0 Å². The lowest BCUT2D eigenvalue weighted by atomic mass is 10.1. The highest BCUT2D eigenvalue weighted by Crippen LogP contribution is 2.28. The predicted molar refractivity (Wildman–Crippen MR) is 41.7 cm³/mol. The van der Waals surface area contributed by atoms with Crippen molar-refractivity contribution >= 4 is 5.82 Å². The molecule has 0 aliphatic rings. The minimum atomic E-state index is -3.11. The third-order valence-corrected chi connectivity index (χ3v) is 1.67. The van der Waals surface area contributed by atoms with E-state index >= 15 is 0 Å². The van der Waals surface area contributed by atoms with Gasteiger partial charge in [0.2, 0.25) is 0 Å². The maximum absolute atomic E-state index is 12.6. The highest BCUT2D eigenvalue weighted by molar-refractivity contribution is 5.39. The van der Waals surface area contributed by atoms with Crippen LogP contribution in [0.25, 0.3) is 0 Å². The van der Waals surface area contributed by atoms with Crippen LogP contribution < -0.4 is 0 Å². The van der Waals surface area contributed by atoms with Crippen molar-refractivity contribution in [1.29, 1.82) is 0 Å². The second-order valence-corrected chi connectivity index (χ2v) is 2.55. The van der Waals surface area contributed by atoms with Crippen molar-refractivity contribution in [3.63, 3.8) is 0 Å². The van der Waals surface area contributed by atoms with Gasteiger partial charge in [-0.1, -0.05) is 0 Å². The van der Waals surface area contributed by atoms with Gasteiger partial charge in [-0.25, -0.2) is 8.78 Å². The molecule has 0 saturated heterocycles. The molecule has 0 unspecified atom stereocenters. The second kappa shape index (κ2) is 4.22. The molecule has 1 aromatic rings. The first-order valence-electron chi connectivity index (χ1n) is 3.70. The van der Waals surface area contributed by atoms with Gasteiger partial charge in [-0.05, 0) is 9.91 Å². The zero-order valence-electron chi connectivity index (χ0n) is 7.15. The predicted octanol–water partition coefficient (Wildman–Crippen LogP) is 1.56. The quantitative estimate of drug-likeness (QED) is 0.478. The fraction of sp³-hybridized carbons (Fsp3) is 0.286. The number of nitrogens with zero attached hydrogens (tertiary/aromatic N) is 2. The normalized spacial score (nSPS) is 10.7. The lowest BCUT2D eigenvalue weighted by Gasteiger charge is -2.05. The van der Waals surface area contributed by atoms with Gasteiger partial charge in [0.05, 0.1) is 12.2 Å². The van der Waals surface area contributed by atoms with E-state index in [1.54, 1.807) is 0 Å². The lowest BCUT2D eigenvalue weighted by molar-refractivity contribution is -0.391. The van der Waals surface area contributed by atoms with Crippen molar-refractivity contribution < 1.29 is 23.2 Å². The van der Waals surface area contributed by atoms with E-state index in [2.05, 4.69) is 4.98 Å². The van der Waals surface area contributed by atoms with Crippen molar-refractivity contribution in [2.45, 2.75) is 13.0 Å². The van der Waals surface area contributed by atoms with E-state index in [4.69, 9.17) is 5.11 Å². The van der Waals surface area contributed by atoms with Crippen molar-refractivity contribution in [3.8, 4) is 0 Å². The van der Waals surface area contributed by atoms with E-state index in [1.807, 2.05) is 0 Å². The van der Waals surface area contributed by atoms with Gasteiger partial charge >= 0.3 is 11.8 Å². The Kier molecular flexibility index (Phi) is 3.20. The second-order valence-electron chi connectivity index (χ2n) is 2.55. The average molecular weight is 222 g/mol. The van der Waals surface area contributed by atoms with Crippen LogP contribution in [0.15, 0.2) is 6.07 Å². The molecule has 0 saturated carbocycles. The van der Waals surface area contributed by atoms with Crippen molar-refractivity contribution in [2.75, 3.05) is 0 Å². The van der Waals surface area contributed by atoms with E-state index in [0.29, 0.717) is 6.07 Å². The number of hydrogen-bond acceptors (Lipinski definition) is 4. The fourth-order valence-corrected chi connectivity index (χ4v) is 1.05. The zero-order chi connectivity index (χ0) is 11.6. The smallest absolute Gasteiger partial charge is 0.372 e. The van der Waals surface area contributed by atoms with Gasteiger partial charge in [-0.2, -0.15) is 4.39 Å². The van der Waals surface area contributed by atoms with Crippen LogP contribution in [0.3, 0.4) is 0 Å². The summed E-state index contributed by atoms with van der Waals surface area (Å²) in [5.74, 6) is -2.47. The van der Waals surface area contributed by atoms with Crippen molar-refractivity contribution in [3.05, 3.63) is 33.3 Å². The first-order valence-corrected chi connectivity index (χ1v) is 3.70. The summed E-state index contributed by atoms with van der Waals surface area (Å²) in [5.41, 5.74) is -1.59. The molecule has 1 aromatic heterocycles. The van der Waals surface area contributed by atoms with Gasteiger partial charge in [0.1, 0.15) is 0 Å². The molecule has 0 aliphatic heterocycles. The summed E-state index contributed by atoms with van der Waals surface area (Å²) >= 11 is 0. The number of aromatic nitrogens is 1. The van der Waals surface area contributed by atoms with Gasteiger partial charge in [0.25, 0.3) is 6.43 Å². The molecule has 15 heavy (non-hydrogen) atoms. The van der Waals surface area contributed by atoms with E-state index < -0.39 is 40.8 Å². The molecule has 0 radical (unpaired) electrons. The van der Waals surface area contributed by atoms with E-state index in [1.165, 1.54) is 0 Å². The van der Waals surface area contributed by atoms with E-state index in [9.17, 15) is 23.3 Å². The molecule has 0 atom stereocenters.